The van der Waals surface area contributed by atoms with E-state index in [1.165, 1.54) is 0 Å². The molecule has 68 valence electrons. The van der Waals surface area contributed by atoms with Crippen molar-refractivity contribution >= 4 is 5.78 Å². The molecule has 1 aliphatic rings. The van der Waals surface area contributed by atoms with Crippen molar-refractivity contribution in [3.63, 3.8) is 0 Å². The summed E-state index contributed by atoms with van der Waals surface area (Å²) in [5, 5.41) is 0. The van der Waals surface area contributed by atoms with Crippen LogP contribution in [0.4, 0.5) is 0 Å². The van der Waals surface area contributed by atoms with E-state index in [1.807, 2.05) is 13.0 Å². The van der Waals surface area contributed by atoms with E-state index in [4.69, 9.17) is 0 Å². The smallest absolute Gasteiger partial charge is 0.163 e. The zero-order chi connectivity index (χ0) is 9.84. The fraction of sp³-hybridized carbons (Fsp3) is 0.333. The van der Waals surface area contributed by atoms with E-state index < -0.39 is 0 Å². The number of Topliss-reactive ketones (excluding diaryl/α,β-unsaturated/α-hetero) is 1. The van der Waals surface area contributed by atoms with Crippen LogP contribution in [-0.4, -0.2) is 5.78 Å². The summed E-state index contributed by atoms with van der Waals surface area (Å²) in [5.41, 5.74) is 5.50. The molecule has 0 aromatic carbocycles. The van der Waals surface area contributed by atoms with E-state index >= 15 is 0 Å². The number of hydrogen-bond donors (Lipinski definition) is 0. The third-order valence-electron chi connectivity index (χ3n) is 2.27. The Bertz CT molecular complexity index is 325. The number of allylic oxidation sites excluding steroid dienone is 4. The maximum absolute atomic E-state index is 11.6. The van der Waals surface area contributed by atoms with Gasteiger partial charge in [0.05, 0.1) is 0 Å². The minimum absolute atomic E-state index is 0.187. The molecule has 0 spiro atoms. The van der Waals surface area contributed by atoms with Crippen LogP contribution in [0.5, 0.6) is 0 Å². The molecule has 13 heavy (non-hydrogen) atoms. The summed E-state index contributed by atoms with van der Waals surface area (Å²) < 4.78 is 0. The van der Waals surface area contributed by atoms with Crippen molar-refractivity contribution in [2.45, 2.75) is 26.2 Å². The van der Waals surface area contributed by atoms with E-state index in [-0.39, 0.29) is 5.78 Å². The number of hydrogen-bond acceptors (Lipinski definition) is 1. The first-order valence-electron chi connectivity index (χ1n) is 4.42. The molecule has 0 aliphatic heterocycles. The molecular formula is C12H14O. The number of carbonyl (C=O) groups is 1. The van der Waals surface area contributed by atoms with E-state index in [0.29, 0.717) is 6.42 Å². The van der Waals surface area contributed by atoms with Gasteiger partial charge in [-0.15, -0.1) is 5.73 Å². The summed E-state index contributed by atoms with van der Waals surface area (Å²) in [5.74, 6) is 0.187. The molecule has 0 heterocycles. The number of carbonyl (C=O) groups excluding carboxylic acids is 1. The first-order chi connectivity index (χ1) is 6.15. The van der Waals surface area contributed by atoms with Crippen LogP contribution in [0.3, 0.4) is 0 Å². The molecule has 0 atom stereocenters. The Labute approximate surface area is 79.2 Å². The molecular weight excluding hydrogens is 160 g/mol. The van der Waals surface area contributed by atoms with E-state index in [2.05, 4.69) is 18.9 Å². The molecule has 0 bridgehead atoms. The predicted molar refractivity (Wildman–Crippen MR) is 54.4 cm³/mol. The Morgan fingerprint density at radius 2 is 2.23 bits per heavy atom. The molecule has 1 rings (SSSR count). The third kappa shape index (κ3) is 2.30. The highest BCUT2D eigenvalue weighted by atomic mass is 16.1. The fourth-order valence-corrected chi connectivity index (χ4v) is 1.34. The normalized spacial score (nSPS) is 17.5. The maximum atomic E-state index is 11.6. The first-order valence-corrected chi connectivity index (χ1v) is 4.42. The van der Waals surface area contributed by atoms with Crippen molar-refractivity contribution in [2.75, 3.05) is 0 Å². The predicted octanol–water partition coefficient (Wildman–Crippen LogP) is 2.95. The van der Waals surface area contributed by atoms with Crippen LogP contribution in [0.2, 0.25) is 0 Å². The van der Waals surface area contributed by atoms with Crippen LogP contribution >= 0.6 is 0 Å². The largest absolute Gasteiger partial charge is 0.294 e. The number of ketones is 1. The molecule has 0 aromatic rings. The molecule has 0 fully saturated rings. The first kappa shape index (κ1) is 9.76. The van der Waals surface area contributed by atoms with Crippen molar-refractivity contribution in [3.05, 3.63) is 41.7 Å². The molecule has 0 saturated heterocycles. The quantitative estimate of drug-likeness (QED) is 0.441. The van der Waals surface area contributed by atoms with Crippen LogP contribution in [0.15, 0.2) is 41.7 Å². The Balaban J connectivity index is 2.99. The molecule has 1 nitrogen and oxygen atoms in total. The van der Waals surface area contributed by atoms with E-state index in [9.17, 15) is 4.79 Å². The monoisotopic (exact) mass is 174 g/mol. The van der Waals surface area contributed by atoms with Gasteiger partial charge in [-0.05, 0) is 19.8 Å². The highest BCUT2D eigenvalue weighted by Crippen LogP contribution is 2.21. The van der Waals surface area contributed by atoms with Crippen LogP contribution in [0.1, 0.15) is 26.2 Å². The Hall–Kier alpha value is -1.33. The lowest BCUT2D eigenvalue weighted by Crippen LogP contribution is -2.01. The van der Waals surface area contributed by atoms with Crippen molar-refractivity contribution in [1.29, 1.82) is 0 Å². The SMILES string of the molecule is C=C=C(C)C1=CCC(=C)CCC1=O. The van der Waals surface area contributed by atoms with Gasteiger partial charge in [-0.2, -0.15) is 0 Å². The maximum Gasteiger partial charge on any atom is 0.163 e. The summed E-state index contributed by atoms with van der Waals surface area (Å²) in [6.45, 7) is 9.29. The lowest BCUT2D eigenvalue weighted by atomic mass is 10.0. The summed E-state index contributed by atoms with van der Waals surface area (Å²) >= 11 is 0. The summed E-state index contributed by atoms with van der Waals surface area (Å²) in [6.07, 6.45) is 4.12. The molecule has 1 heteroatoms. The van der Waals surface area contributed by atoms with Crippen LogP contribution in [-0.2, 0) is 4.79 Å². The van der Waals surface area contributed by atoms with E-state index in [1.54, 1.807) is 0 Å². The van der Waals surface area contributed by atoms with Gasteiger partial charge in [0.15, 0.2) is 5.78 Å². The second kappa shape index (κ2) is 4.06. The summed E-state index contributed by atoms with van der Waals surface area (Å²) in [7, 11) is 0. The van der Waals surface area contributed by atoms with Gasteiger partial charge in [-0.25, -0.2) is 0 Å². The van der Waals surface area contributed by atoms with Crippen molar-refractivity contribution in [3.8, 4) is 0 Å². The highest BCUT2D eigenvalue weighted by Gasteiger charge is 2.14. The Morgan fingerprint density at radius 3 is 2.85 bits per heavy atom. The van der Waals surface area contributed by atoms with Crippen LogP contribution in [0.25, 0.3) is 0 Å². The van der Waals surface area contributed by atoms with Gasteiger partial charge in [0.25, 0.3) is 0 Å². The molecule has 0 aromatic heterocycles. The second-order valence-electron chi connectivity index (χ2n) is 3.30. The van der Waals surface area contributed by atoms with Gasteiger partial charge in [0.2, 0.25) is 0 Å². The minimum Gasteiger partial charge on any atom is -0.294 e. The van der Waals surface area contributed by atoms with Crippen LogP contribution < -0.4 is 0 Å². The van der Waals surface area contributed by atoms with Gasteiger partial charge in [-0.3, -0.25) is 4.79 Å². The molecule has 1 aliphatic carbocycles. The average molecular weight is 174 g/mol. The van der Waals surface area contributed by atoms with Crippen molar-refractivity contribution in [1.82, 2.24) is 0 Å². The average Bonchev–Trinajstić information content (AvgIpc) is 2.28. The summed E-state index contributed by atoms with van der Waals surface area (Å²) in [6, 6.07) is 0. The molecule has 0 amide bonds. The topological polar surface area (TPSA) is 17.1 Å². The zero-order valence-corrected chi connectivity index (χ0v) is 8.02. The second-order valence-corrected chi connectivity index (χ2v) is 3.30. The van der Waals surface area contributed by atoms with Gasteiger partial charge in [0, 0.05) is 17.6 Å². The van der Waals surface area contributed by atoms with Crippen molar-refractivity contribution < 1.29 is 4.79 Å². The lowest BCUT2D eigenvalue weighted by molar-refractivity contribution is -0.115. The number of rotatable bonds is 1. The molecule has 0 saturated carbocycles. The van der Waals surface area contributed by atoms with Gasteiger partial charge in [0.1, 0.15) is 0 Å². The summed E-state index contributed by atoms with van der Waals surface area (Å²) in [4.78, 5) is 11.6. The van der Waals surface area contributed by atoms with Crippen LogP contribution in [0, 0.1) is 0 Å². The lowest BCUT2D eigenvalue weighted by Gasteiger charge is -2.00. The molecule has 0 radical (unpaired) electrons. The van der Waals surface area contributed by atoms with Gasteiger partial charge < -0.3 is 0 Å². The zero-order valence-electron chi connectivity index (χ0n) is 8.02. The Kier molecular flexibility index (Phi) is 3.05. The molecule has 0 unspecified atom stereocenters. The van der Waals surface area contributed by atoms with Gasteiger partial charge in [-0.1, -0.05) is 24.8 Å². The van der Waals surface area contributed by atoms with Crippen molar-refractivity contribution in [2.24, 2.45) is 0 Å². The third-order valence-corrected chi connectivity index (χ3v) is 2.27. The highest BCUT2D eigenvalue weighted by molar-refractivity contribution is 5.99. The van der Waals surface area contributed by atoms with E-state index in [0.717, 1.165) is 29.6 Å². The fourth-order valence-electron chi connectivity index (χ4n) is 1.34. The molecule has 0 N–H and O–H groups in total. The Morgan fingerprint density at radius 1 is 1.54 bits per heavy atom. The minimum atomic E-state index is 0.187. The van der Waals surface area contributed by atoms with Gasteiger partial charge >= 0.3 is 0 Å². The standard InChI is InChI=1S/C12H14O/c1-4-10(3)11-7-5-9(2)6-8-12(11)13/h7H,1-2,5-6,8H2,3H3.